The van der Waals surface area contributed by atoms with Crippen LogP contribution in [0.2, 0.25) is 0 Å². The molecule has 0 aromatic rings. The average Bonchev–Trinajstić information content (AvgIpc) is 1.82. The molecule has 0 aliphatic heterocycles. The van der Waals surface area contributed by atoms with Crippen LogP contribution in [0.25, 0.3) is 0 Å². The molecule has 0 fully saturated rings. The monoisotopic (exact) mass is 127 g/mol. The van der Waals surface area contributed by atoms with Crippen LogP contribution < -0.4 is 0 Å². The van der Waals surface area contributed by atoms with Gasteiger partial charge in [-0.05, 0) is 5.92 Å². The molecule has 0 heterocycles. The van der Waals surface area contributed by atoms with Crippen LogP contribution in [-0.4, -0.2) is 0 Å². The van der Waals surface area contributed by atoms with E-state index in [0.717, 1.165) is 11.8 Å². The van der Waals surface area contributed by atoms with Gasteiger partial charge in [0.2, 0.25) is 0 Å². The molecule has 0 saturated carbocycles. The Morgan fingerprint density at radius 2 is 1.78 bits per heavy atom. The Labute approximate surface area is 59.7 Å². The van der Waals surface area contributed by atoms with E-state index in [1.165, 1.54) is 12.8 Å². The second-order valence-electron chi connectivity index (χ2n) is 3.15. The fourth-order valence-corrected chi connectivity index (χ4v) is 0.702. The van der Waals surface area contributed by atoms with Gasteiger partial charge in [-0.3, -0.25) is 0 Å². The second kappa shape index (κ2) is 4.84. The first kappa shape index (κ1) is 9.00. The fourth-order valence-electron chi connectivity index (χ4n) is 0.702. The van der Waals surface area contributed by atoms with E-state index < -0.39 is 0 Å². The van der Waals surface area contributed by atoms with Crippen molar-refractivity contribution in [1.29, 1.82) is 0 Å². The second-order valence-corrected chi connectivity index (χ2v) is 3.15. The molecule has 0 heteroatoms. The molecule has 0 rings (SSSR count). The van der Waals surface area contributed by atoms with Crippen LogP contribution in [0.15, 0.2) is 0 Å². The van der Waals surface area contributed by atoms with Gasteiger partial charge in [0.1, 0.15) is 0 Å². The standard InChI is InChI=1S/C9H19/c1-5-6-7-9(4)8(2)3/h6,8-9H,5,7H2,1-4H3/q-1. The van der Waals surface area contributed by atoms with E-state index in [1.54, 1.807) is 0 Å². The average molecular weight is 127 g/mol. The van der Waals surface area contributed by atoms with E-state index in [9.17, 15) is 0 Å². The van der Waals surface area contributed by atoms with E-state index in [1.807, 2.05) is 0 Å². The lowest BCUT2D eigenvalue weighted by molar-refractivity contribution is 0.411. The summed E-state index contributed by atoms with van der Waals surface area (Å²) in [5, 5.41) is 0. The molecule has 0 radical (unpaired) electrons. The lowest BCUT2D eigenvalue weighted by Crippen LogP contribution is -2.03. The highest BCUT2D eigenvalue weighted by Gasteiger charge is 1.99. The van der Waals surface area contributed by atoms with Gasteiger partial charge in [-0.25, -0.2) is 0 Å². The van der Waals surface area contributed by atoms with Crippen LogP contribution in [0.5, 0.6) is 0 Å². The lowest BCUT2D eigenvalue weighted by Gasteiger charge is -2.20. The molecule has 0 aromatic heterocycles. The molecule has 0 aliphatic carbocycles. The maximum Gasteiger partial charge on any atom is -0.0470 e. The molecule has 0 spiro atoms. The first-order chi connectivity index (χ1) is 4.18. The lowest BCUT2D eigenvalue weighted by atomic mass is 9.93. The smallest absolute Gasteiger partial charge is 0.0470 e. The van der Waals surface area contributed by atoms with Crippen LogP contribution in [0, 0.1) is 18.3 Å². The minimum absolute atomic E-state index is 0.841. The molecule has 0 aromatic carbocycles. The van der Waals surface area contributed by atoms with E-state index in [0.29, 0.717) is 0 Å². The molecule has 0 saturated heterocycles. The van der Waals surface area contributed by atoms with Crippen LogP contribution in [-0.2, 0) is 0 Å². The Morgan fingerprint density at radius 1 is 1.22 bits per heavy atom. The van der Waals surface area contributed by atoms with Gasteiger partial charge in [0, 0.05) is 0 Å². The predicted octanol–water partition coefficient (Wildman–Crippen LogP) is 3.28. The van der Waals surface area contributed by atoms with Gasteiger partial charge in [-0.15, -0.1) is 0 Å². The summed E-state index contributed by atoms with van der Waals surface area (Å²) >= 11 is 0. The van der Waals surface area contributed by atoms with Gasteiger partial charge in [0.25, 0.3) is 0 Å². The summed E-state index contributed by atoms with van der Waals surface area (Å²) in [5.41, 5.74) is 0. The van der Waals surface area contributed by atoms with Crippen molar-refractivity contribution in [2.45, 2.75) is 40.5 Å². The molecule has 0 N–H and O–H groups in total. The van der Waals surface area contributed by atoms with Crippen molar-refractivity contribution < 1.29 is 0 Å². The minimum atomic E-state index is 0.841. The van der Waals surface area contributed by atoms with E-state index in [2.05, 4.69) is 34.1 Å². The van der Waals surface area contributed by atoms with Gasteiger partial charge in [0.15, 0.2) is 0 Å². The topological polar surface area (TPSA) is 0 Å². The molecular formula is C9H19-. The van der Waals surface area contributed by atoms with E-state index in [-0.39, 0.29) is 0 Å². The third-order valence-electron chi connectivity index (χ3n) is 1.97. The summed E-state index contributed by atoms with van der Waals surface area (Å²) in [6.45, 7) is 9.09. The fraction of sp³-hybridized carbons (Fsp3) is 0.889. The van der Waals surface area contributed by atoms with Crippen LogP contribution >= 0.6 is 0 Å². The molecule has 9 heavy (non-hydrogen) atoms. The van der Waals surface area contributed by atoms with Crippen molar-refractivity contribution in [3.8, 4) is 0 Å². The summed E-state index contributed by atoms with van der Waals surface area (Å²) in [6, 6.07) is 0. The Balaban J connectivity index is 3.16. The molecular weight excluding hydrogens is 108 g/mol. The van der Waals surface area contributed by atoms with E-state index >= 15 is 0 Å². The minimum Gasteiger partial charge on any atom is -0.328 e. The Bertz CT molecular complexity index is 55.1. The maximum absolute atomic E-state index is 2.37. The normalized spacial score (nSPS) is 14.3. The third kappa shape index (κ3) is 4.50. The number of hydrogen-bond acceptors (Lipinski definition) is 0. The van der Waals surface area contributed by atoms with Crippen LogP contribution in [0.1, 0.15) is 40.5 Å². The zero-order chi connectivity index (χ0) is 7.28. The zero-order valence-electron chi connectivity index (χ0n) is 7.15. The SMILES string of the molecule is CC[CH-]CC(C)C(C)C. The van der Waals surface area contributed by atoms with Crippen molar-refractivity contribution in [1.82, 2.24) is 0 Å². The third-order valence-corrected chi connectivity index (χ3v) is 1.97. The van der Waals surface area contributed by atoms with Gasteiger partial charge in [-0.2, -0.15) is 12.8 Å². The quantitative estimate of drug-likeness (QED) is 0.508. The first-order valence-corrected chi connectivity index (χ1v) is 4.00. The van der Waals surface area contributed by atoms with Gasteiger partial charge >= 0.3 is 0 Å². The molecule has 0 bridgehead atoms. The molecule has 0 aliphatic rings. The Kier molecular flexibility index (Phi) is 4.84. The molecule has 0 amide bonds. The largest absolute Gasteiger partial charge is 0.328 e. The summed E-state index contributed by atoms with van der Waals surface area (Å²) in [4.78, 5) is 0. The molecule has 56 valence electrons. The van der Waals surface area contributed by atoms with Crippen molar-refractivity contribution in [2.24, 2.45) is 11.8 Å². The summed E-state index contributed by atoms with van der Waals surface area (Å²) < 4.78 is 0. The predicted molar refractivity (Wildman–Crippen MR) is 43.2 cm³/mol. The molecule has 1 atom stereocenters. The first-order valence-electron chi connectivity index (χ1n) is 4.00. The maximum atomic E-state index is 2.37. The summed E-state index contributed by atoms with van der Waals surface area (Å²) in [7, 11) is 0. The van der Waals surface area contributed by atoms with Crippen molar-refractivity contribution in [3.63, 3.8) is 0 Å². The number of rotatable bonds is 4. The Morgan fingerprint density at radius 3 is 2.11 bits per heavy atom. The van der Waals surface area contributed by atoms with Gasteiger partial charge in [0.05, 0.1) is 0 Å². The van der Waals surface area contributed by atoms with Gasteiger partial charge < -0.3 is 6.42 Å². The summed E-state index contributed by atoms with van der Waals surface area (Å²) in [6.07, 6.45) is 4.87. The highest BCUT2D eigenvalue weighted by Crippen LogP contribution is 2.15. The highest BCUT2D eigenvalue weighted by molar-refractivity contribution is 4.68. The van der Waals surface area contributed by atoms with Crippen LogP contribution in [0.3, 0.4) is 0 Å². The summed E-state index contributed by atoms with van der Waals surface area (Å²) in [5.74, 6) is 1.71. The highest BCUT2D eigenvalue weighted by atomic mass is 14.1. The Hall–Kier alpha value is 0. The van der Waals surface area contributed by atoms with Crippen LogP contribution in [0.4, 0.5) is 0 Å². The molecule has 0 nitrogen and oxygen atoms in total. The van der Waals surface area contributed by atoms with Crippen molar-refractivity contribution >= 4 is 0 Å². The van der Waals surface area contributed by atoms with E-state index in [4.69, 9.17) is 0 Å². The van der Waals surface area contributed by atoms with Crippen molar-refractivity contribution in [2.75, 3.05) is 0 Å². The molecule has 1 unspecified atom stereocenters. The zero-order valence-corrected chi connectivity index (χ0v) is 7.15. The number of hydrogen-bond donors (Lipinski definition) is 0. The van der Waals surface area contributed by atoms with Crippen molar-refractivity contribution in [3.05, 3.63) is 6.42 Å². The van der Waals surface area contributed by atoms with Gasteiger partial charge in [-0.1, -0.05) is 33.6 Å². The number of unbranched alkanes of at least 4 members (excludes halogenated alkanes) is 1.